The van der Waals surface area contributed by atoms with E-state index in [2.05, 4.69) is 20.8 Å². The molecule has 24 heavy (non-hydrogen) atoms. The van der Waals surface area contributed by atoms with E-state index in [0.29, 0.717) is 23.3 Å². The Bertz CT molecular complexity index is 556. The summed E-state index contributed by atoms with van der Waals surface area (Å²) in [6, 6.07) is 2.97. The summed E-state index contributed by atoms with van der Waals surface area (Å²) in [7, 11) is 2.86. The van der Waals surface area contributed by atoms with Gasteiger partial charge in [0, 0.05) is 0 Å². The lowest BCUT2D eigenvalue weighted by Crippen LogP contribution is -2.35. The molecule has 0 aliphatic heterocycles. The molecule has 0 aromatic heterocycles. The summed E-state index contributed by atoms with van der Waals surface area (Å²) in [5.41, 5.74) is 0.322. The molecular formula is C19H28O5. The zero-order valence-electron chi connectivity index (χ0n) is 15.2. The van der Waals surface area contributed by atoms with Gasteiger partial charge in [-0.15, -0.1) is 0 Å². The predicted octanol–water partition coefficient (Wildman–Crippen LogP) is 4.03. The Labute approximate surface area is 143 Å². The Kier molecular flexibility index (Phi) is 5.97. The second-order valence-electron chi connectivity index (χ2n) is 7.00. The van der Waals surface area contributed by atoms with Crippen LogP contribution in [0.2, 0.25) is 0 Å². The molecule has 0 saturated heterocycles. The molecule has 5 nitrogen and oxygen atoms in total. The summed E-state index contributed by atoms with van der Waals surface area (Å²) in [6.45, 7) is 6.55. The Morgan fingerprint density at radius 3 is 2.25 bits per heavy atom. The van der Waals surface area contributed by atoms with Crippen molar-refractivity contribution in [2.75, 3.05) is 14.2 Å². The molecule has 3 unspecified atom stereocenters. The summed E-state index contributed by atoms with van der Waals surface area (Å²) in [4.78, 5) is 12.6. The van der Waals surface area contributed by atoms with Crippen LogP contribution in [0.1, 0.15) is 50.4 Å². The number of esters is 1. The van der Waals surface area contributed by atoms with E-state index in [1.807, 2.05) is 0 Å². The SMILES string of the molecule is COc1cc(C(=O)OC2CC(C)CCC2C(C)C)cc(OC)c1O. The highest BCUT2D eigenvalue weighted by atomic mass is 16.5. The summed E-state index contributed by atoms with van der Waals surface area (Å²) in [5, 5.41) is 9.96. The van der Waals surface area contributed by atoms with Crippen LogP contribution >= 0.6 is 0 Å². The lowest BCUT2D eigenvalue weighted by atomic mass is 9.75. The van der Waals surface area contributed by atoms with Gasteiger partial charge in [0.15, 0.2) is 11.5 Å². The fourth-order valence-corrected chi connectivity index (χ4v) is 3.47. The highest BCUT2D eigenvalue weighted by Crippen LogP contribution is 2.39. The monoisotopic (exact) mass is 336 g/mol. The molecule has 0 radical (unpaired) electrons. The zero-order chi connectivity index (χ0) is 17.9. The summed E-state index contributed by atoms with van der Waals surface area (Å²) in [5.74, 6) is 1.27. The normalized spacial score (nSPS) is 23.8. The number of rotatable bonds is 5. The minimum atomic E-state index is -0.406. The van der Waals surface area contributed by atoms with Crippen molar-refractivity contribution in [1.29, 1.82) is 0 Å². The first-order valence-electron chi connectivity index (χ1n) is 8.53. The van der Waals surface area contributed by atoms with Crippen molar-refractivity contribution in [1.82, 2.24) is 0 Å². The number of carbonyl (C=O) groups is 1. The first kappa shape index (κ1) is 18.4. The molecular weight excluding hydrogens is 308 g/mol. The van der Waals surface area contributed by atoms with Gasteiger partial charge in [-0.05, 0) is 42.7 Å². The maximum Gasteiger partial charge on any atom is 0.338 e. The third kappa shape index (κ3) is 3.94. The van der Waals surface area contributed by atoms with E-state index in [1.165, 1.54) is 32.8 Å². The van der Waals surface area contributed by atoms with E-state index in [9.17, 15) is 9.90 Å². The van der Waals surface area contributed by atoms with Crippen LogP contribution in [0.15, 0.2) is 12.1 Å². The van der Waals surface area contributed by atoms with Gasteiger partial charge in [-0.25, -0.2) is 4.79 Å². The van der Waals surface area contributed by atoms with Gasteiger partial charge in [-0.3, -0.25) is 0 Å². The molecule has 0 spiro atoms. The average molecular weight is 336 g/mol. The Morgan fingerprint density at radius 1 is 1.17 bits per heavy atom. The summed E-state index contributed by atoms with van der Waals surface area (Å²) < 4.78 is 16.0. The molecule has 2 rings (SSSR count). The van der Waals surface area contributed by atoms with Gasteiger partial charge in [0.1, 0.15) is 6.10 Å². The molecule has 0 bridgehead atoms. The van der Waals surface area contributed by atoms with Gasteiger partial charge < -0.3 is 19.3 Å². The standard InChI is InChI=1S/C19H28O5/c1-11(2)14-7-6-12(3)8-15(14)24-19(21)13-9-16(22-4)18(20)17(10-13)23-5/h9-12,14-15,20H,6-8H2,1-5H3. The highest BCUT2D eigenvalue weighted by molar-refractivity contribution is 5.91. The molecule has 1 N–H and O–H groups in total. The number of benzene rings is 1. The molecule has 1 aliphatic rings. The van der Waals surface area contributed by atoms with Gasteiger partial charge in [-0.2, -0.15) is 0 Å². The van der Waals surface area contributed by atoms with Crippen molar-refractivity contribution >= 4 is 5.97 Å². The number of hydrogen-bond acceptors (Lipinski definition) is 5. The summed E-state index contributed by atoms with van der Waals surface area (Å²) >= 11 is 0. The van der Waals surface area contributed by atoms with Gasteiger partial charge in [-0.1, -0.05) is 27.2 Å². The zero-order valence-corrected chi connectivity index (χ0v) is 15.2. The molecule has 3 atom stereocenters. The maximum atomic E-state index is 12.6. The number of hydrogen-bond donors (Lipinski definition) is 1. The Balaban J connectivity index is 2.21. The van der Waals surface area contributed by atoms with Crippen LogP contribution in [0.3, 0.4) is 0 Å². The molecule has 1 aromatic rings. The van der Waals surface area contributed by atoms with E-state index in [-0.39, 0.29) is 23.4 Å². The Morgan fingerprint density at radius 2 is 1.75 bits per heavy atom. The van der Waals surface area contributed by atoms with Crippen molar-refractivity contribution in [2.45, 2.75) is 46.1 Å². The molecule has 5 heteroatoms. The maximum absolute atomic E-state index is 12.6. The van der Waals surface area contributed by atoms with Crippen LogP contribution < -0.4 is 9.47 Å². The number of phenolic OH excluding ortho intramolecular Hbond substituents is 1. The molecule has 0 heterocycles. The van der Waals surface area contributed by atoms with Crippen molar-refractivity contribution in [2.24, 2.45) is 17.8 Å². The lowest BCUT2D eigenvalue weighted by molar-refractivity contribution is -0.0174. The smallest absolute Gasteiger partial charge is 0.338 e. The van der Waals surface area contributed by atoms with E-state index in [4.69, 9.17) is 14.2 Å². The number of ether oxygens (including phenoxy) is 3. The fourth-order valence-electron chi connectivity index (χ4n) is 3.47. The number of phenols is 1. The van der Waals surface area contributed by atoms with Crippen LogP contribution in [-0.2, 0) is 4.74 Å². The van der Waals surface area contributed by atoms with Crippen molar-refractivity contribution in [3.05, 3.63) is 17.7 Å². The second-order valence-corrected chi connectivity index (χ2v) is 7.00. The molecule has 1 aliphatic carbocycles. The van der Waals surface area contributed by atoms with Crippen LogP contribution in [0.5, 0.6) is 17.2 Å². The Hall–Kier alpha value is -1.91. The first-order chi connectivity index (χ1) is 11.4. The minimum Gasteiger partial charge on any atom is -0.502 e. The second kappa shape index (κ2) is 7.77. The van der Waals surface area contributed by atoms with Crippen LogP contribution in [0.25, 0.3) is 0 Å². The van der Waals surface area contributed by atoms with Gasteiger partial charge in [0.05, 0.1) is 19.8 Å². The molecule has 134 valence electrons. The largest absolute Gasteiger partial charge is 0.502 e. The highest BCUT2D eigenvalue weighted by Gasteiger charge is 2.33. The predicted molar refractivity (Wildman–Crippen MR) is 91.8 cm³/mol. The molecule has 0 amide bonds. The van der Waals surface area contributed by atoms with Gasteiger partial charge in [0.2, 0.25) is 5.75 Å². The molecule has 1 fully saturated rings. The lowest BCUT2D eigenvalue weighted by Gasteiger charge is -2.36. The number of methoxy groups -OCH3 is 2. The first-order valence-corrected chi connectivity index (χ1v) is 8.53. The number of carbonyl (C=O) groups excluding carboxylic acids is 1. The quantitative estimate of drug-likeness (QED) is 0.823. The summed E-state index contributed by atoms with van der Waals surface area (Å²) in [6.07, 6.45) is 3.07. The van der Waals surface area contributed by atoms with E-state index >= 15 is 0 Å². The van der Waals surface area contributed by atoms with Crippen LogP contribution in [0, 0.1) is 17.8 Å². The molecule has 1 aromatic carbocycles. The fraction of sp³-hybridized carbons (Fsp3) is 0.632. The topological polar surface area (TPSA) is 65.0 Å². The van der Waals surface area contributed by atoms with Crippen molar-refractivity contribution < 1.29 is 24.1 Å². The van der Waals surface area contributed by atoms with Crippen molar-refractivity contribution in [3.8, 4) is 17.2 Å². The average Bonchev–Trinajstić information content (AvgIpc) is 2.54. The third-order valence-corrected chi connectivity index (χ3v) is 4.94. The minimum absolute atomic E-state index is 0.0768. The van der Waals surface area contributed by atoms with Crippen molar-refractivity contribution in [3.63, 3.8) is 0 Å². The van der Waals surface area contributed by atoms with Crippen LogP contribution in [-0.4, -0.2) is 31.4 Å². The third-order valence-electron chi connectivity index (χ3n) is 4.94. The molecule has 1 saturated carbocycles. The number of aromatic hydroxyl groups is 1. The van der Waals surface area contributed by atoms with Crippen LogP contribution in [0.4, 0.5) is 0 Å². The van der Waals surface area contributed by atoms with Gasteiger partial charge >= 0.3 is 5.97 Å². The van der Waals surface area contributed by atoms with E-state index in [0.717, 1.165) is 12.8 Å². The van der Waals surface area contributed by atoms with E-state index in [1.54, 1.807) is 0 Å². The van der Waals surface area contributed by atoms with Gasteiger partial charge in [0.25, 0.3) is 0 Å². The van der Waals surface area contributed by atoms with E-state index < -0.39 is 5.97 Å².